The number of carboxylic acids is 1. The van der Waals surface area contributed by atoms with Crippen LogP contribution in [-0.4, -0.2) is 59.4 Å². The number of carbonyl (C=O) groups is 4. The number of halogens is 1. The highest BCUT2D eigenvalue weighted by atomic mass is 35.5. The van der Waals surface area contributed by atoms with Crippen LogP contribution < -0.4 is 10.2 Å². The standard InChI is InChI=1S/C18H22ClN3O5/c1-11(18(26)27)21(8-7-20-12(2)23)17(25)13-9-16(24)22(10-13)15-5-3-14(19)4-6-15/h3-6,11,13H,7-10H2,1-2H3,(H,20,23)(H,26,27). The number of anilines is 1. The van der Waals surface area contributed by atoms with Gasteiger partial charge >= 0.3 is 5.97 Å². The van der Waals surface area contributed by atoms with Crippen molar-refractivity contribution in [3.8, 4) is 0 Å². The molecule has 0 aliphatic carbocycles. The summed E-state index contributed by atoms with van der Waals surface area (Å²) >= 11 is 5.86. The van der Waals surface area contributed by atoms with E-state index in [1.807, 2.05) is 0 Å². The number of hydrogen-bond donors (Lipinski definition) is 2. The van der Waals surface area contributed by atoms with Crippen LogP contribution in [0.1, 0.15) is 20.3 Å². The van der Waals surface area contributed by atoms with Crippen LogP contribution in [0.4, 0.5) is 5.69 Å². The zero-order chi connectivity index (χ0) is 20.1. The Morgan fingerprint density at radius 3 is 2.52 bits per heavy atom. The van der Waals surface area contributed by atoms with Gasteiger partial charge in [0.1, 0.15) is 6.04 Å². The summed E-state index contributed by atoms with van der Waals surface area (Å²) in [5, 5.41) is 12.4. The van der Waals surface area contributed by atoms with Crippen LogP contribution in [0, 0.1) is 5.92 Å². The summed E-state index contributed by atoms with van der Waals surface area (Å²) in [7, 11) is 0. The minimum atomic E-state index is -1.15. The third kappa shape index (κ3) is 5.19. The fourth-order valence-electron chi connectivity index (χ4n) is 2.96. The first-order chi connectivity index (χ1) is 12.7. The molecule has 1 saturated heterocycles. The van der Waals surface area contributed by atoms with E-state index in [9.17, 15) is 24.3 Å². The number of nitrogens with one attached hydrogen (secondary N) is 1. The van der Waals surface area contributed by atoms with Crippen molar-refractivity contribution in [1.82, 2.24) is 10.2 Å². The van der Waals surface area contributed by atoms with Gasteiger partial charge in [0, 0.05) is 43.7 Å². The van der Waals surface area contributed by atoms with Crippen molar-refractivity contribution in [3.63, 3.8) is 0 Å². The lowest BCUT2D eigenvalue weighted by Gasteiger charge is -2.29. The fraction of sp³-hybridized carbons (Fsp3) is 0.444. The molecule has 146 valence electrons. The third-order valence-corrected chi connectivity index (χ3v) is 4.70. The molecular weight excluding hydrogens is 374 g/mol. The summed E-state index contributed by atoms with van der Waals surface area (Å²) in [5.74, 6) is -2.69. The van der Waals surface area contributed by atoms with Gasteiger partial charge in [-0.3, -0.25) is 14.4 Å². The molecule has 0 bridgehead atoms. The number of benzene rings is 1. The van der Waals surface area contributed by atoms with Gasteiger partial charge in [-0.25, -0.2) is 4.79 Å². The first-order valence-electron chi connectivity index (χ1n) is 8.54. The van der Waals surface area contributed by atoms with E-state index in [2.05, 4.69) is 5.32 Å². The van der Waals surface area contributed by atoms with Crippen LogP contribution in [0.15, 0.2) is 24.3 Å². The SMILES string of the molecule is CC(=O)NCCN(C(=O)C1CC(=O)N(c2ccc(Cl)cc2)C1)C(C)C(=O)O. The number of amides is 3. The number of aliphatic carboxylic acids is 1. The molecule has 0 radical (unpaired) electrons. The van der Waals surface area contributed by atoms with Gasteiger partial charge in [0.2, 0.25) is 17.7 Å². The maximum absolute atomic E-state index is 12.9. The quantitative estimate of drug-likeness (QED) is 0.719. The molecule has 1 fully saturated rings. The highest BCUT2D eigenvalue weighted by molar-refractivity contribution is 6.30. The molecule has 2 N–H and O–H groups in total. The Morgan fingerprint density at radius 1 is 1.33 bits per heavy atom. The van der Waals surface area contributed by atoms with Gasteiger partial charge in [0.15, 0.2) is 0 Å². The van der Waals surface area contributed by atoms with Gasteiger partial charge in [-0.1, -0.05) is 11.6 Å². The number of carbonyl (C=O) groups excluding carboxylic acids is 3. The van der Waals surface area contributed by atoms with Crippen molar-refractivity contribution in [2.75, 3.05) is 24.5 Å². The van der Waals surface area contributed by atoms with Crippen molar-refractivity contribution >= 4 is 41.0 Å². The normalized spacial score (nSPS) is 17.5. The van der Waals surface area contributed by atoms with Gasteiger partial charge in [-0.15, -0.1) is 0 Å². The van der Waals surface area contributed by atoms with Crippen molar-refractivity contribution in [3.05, 3.63) is 29.3 Å². The van der Waals surface area contributed by atoms with Crippen LogP contribution in [0.25, 0.3) is 0 Å². The monoisotopic (exact) mass is 395 g/mol. The molecule has 8 nitrogen and oxygen atoms in total. The molecule has 1 aromatic rings. The Labute approximate surface area is 162 Å². The molecule has 0 saturated carbocycles. The molecule has 2 unspecified atom stereocenters. The molecule has 9 heteroatoms. The molecule has 1 heterocycles. The Balaban J connectivity index is 2.12. The molecular formula is C18H22ClN3O5. The van der Waals surface area contributed by atoms with Gasteiger partial charge in [0.05, 0.1) is 5.92 Å². The molecule has 1 aliphatic rings. The van der Waals surface area contributed by atoms with Gasteiger partial charge in [0.25, 0.3) is 0 Å². The van der Waals surface area contributed by atoms with E-state index >= 15 is 0 Å². The molecule has 1 aromatic carbocycles. The highest BCUT2D eigenvalue weighted by Gasteiger charge is 2.39. The number of carboxylic acid groups (broad SMARTS) is 1. The summed E-state index contributed by atoms with van der Waals surface area (Å²) in [6.45, 7) is 3.11. The van der Waals surface area contributed by atoms with Crippen molar-refractivity contribution in [1.29, 1.82) is 0 Å². The first kappa shape index (κ1) is 20.7. The lowest BCUT2D eigenvalue weighted by atomic mass is 10.1. The van der Waals surface area contributed by atoms with Crippen LogP contribution in [-0.2, 0) is 19.2 Å². The van der Waals surface area contributed by atoms with Crippen LogP contribution >= 0.6 is 11.6 Å². The maximum Gasteiger partial charge on any atom is 0.326 e. The van der Waals surface area contributed by atoms with E-state index in [1.165, 1.54) is 23.6 Å². The number of hydrogen-bond acceptors (Lipinski definition) is 4. The minimum Gasteiger partial charge on any atom is -0.480 e. The van der Waals surface area contributed by atoms with Crippen LogP contribution in [0.2, 0.25) is 5.02 Å². The number of rotatable bonds is 7. The summed E-state index contributed by atoms with van der Waals surface area (Å²) in [4.78, 5) is 50.3. The van der Waals surface area contributed by atoms with E-state index in [1.54, 1.807) is 24.3 Å². The molecule has 3 amide bonds. The van der Waals surface area contributed by atoms with Crippen molar-refractivity contribution in [2.24, 2.45) is 5.92 Å². The van der Waals surface area contributed by atoms with Crippen LogP contribution in [0.3, 0.4) is 0 Å². The Bertz CT molecular complexity index is 737. The van der Waals surface area contributed by atoms with E-state index in [-0.39, 0.29) is 37.9 Å². The van der Waals surface area contributed by atoms with E-state index < -0.39 is 23.8 Å². The largest absolute Gasteiger partial charge is 0.480 e. The summed E-state index contributed by atoms with van der Waals surface area (Å²) in [6, 6.07) is 5.64. The number of nitrogens with zero attached hydrogens (tertiary/aromatic N) is 2. The molecule has 0 aromatic heterocycles. The Hall–Kier alpha value is -2.61. The topological polar surface area (TPSA) is 107 Å². The van der Waals surface area contributed by atoms with E-state index in [0.717, 1.165) is 0 Å². The average Bonchev–Trinajstić information content (AvgIpc) is 3.00. The lowest BCUT2D eigenvalue weighted by Crippen LogP contribution is -2.49. The molecule has 2 atom stereocenters. The minimum absolute atomic E-state index is 0.00440. The van der Waals surface area contributed by atoms with Crippen molar-refractivity contribution in [2.45, 2.75) is 26.3 Å². The second-order valence-electron chi connectivity index (χ2n) is 6.41. The lowest BCUT2D eigenvalue weighted by molar-refractivity contribution is -0.151. The van der Waals surface area contributed by atoms with Crippen LogP contribution in [0.5, 0.6) is 0 Å². The Morgan fingerprint density at radius 2 is 1.96 bits per heavy atom. The first-order valence-corrected chi connectivity index (χ1v) is 8.92. The van der Waals surface area contributed by atoms with Gasteiger partial charge < -0.3 is 20.2 Å². The molecule has 2 rings (SSSR count). The van der Waals surface area contributed by atoms with Crippen molar-refractivity contribution < 1.29 is 24.3 Å². The zero-order valence-corrected chi connectivity index (χ0v) is 15.9. The van der Waals surface area contributed by atoms with Gasteiger partial charge in [-0.2, -0.15) is 0 Å². The summed E-state index contributed by atoms with van der Waals surface area (Å²) in [5.41, 5.74) is 0.635. The average molecular weight is 396 g/mol. The van der Waals surface area contributed by atoms with E-state index in [4.69, 9.17) is 11.6 Å². The third-order valence-electron chi connectivity index (χ3n) is 4.45. The second-order valence-corrected chi connectivity index (χ2v) is 6.85. The van der Waals surface area contributed by atoms with Gasteiger partial charge in [-0.05, 0) is 31.2 Å². The molecule has 1 aliphatic heterocycles. The highest BCUT2D eigenvalue weighted by Crippen LogP contribution is 2.27. The maximum atomic E-state index is 12.9. The summed E-state index contributed by atoms with van der Waals surface area (Å²) < 4.78 is 0. The predicted molar refractivity (Wildman–Crippen MR) is 99.4 cm³/mol. The fourth-order valence-corrected chi connectivity index (χ4v) is 3.08. The molecule has 27 heavy (non-hydrogen) atoms. The Kier molecular flexibility index (Phi) is 6.79. The smallest absolute Gasteiger partial charge is 0.326 e. The predicted octanol–water partition coefficient (Wildman–Crippen LogP) is 1.13. The summed E-state index contributed by atoms with van der Waals surface area (Å²) in [6.07, 6.45) is 0.00440. The second kappa shape index (κ2) is 8.85. The zero-order valence-electron chi connectivity index (χ0n) is 15.1. The molecule has 0 spiro atoms. The van der Waals surface area contributed by atoms with E-state index in [0.29, 0.717) is 10.7 Å².